The molecule has 0 aromatic carbocycles. The van der Waals surface area contributed by atoms with Crippen LogP contribution in [0.2, 0.25) is 0 Å². The average molecular weight is 235 g/mol. The van der Waals surface area contributed by atoms with Gasteiger partial charge < -0.3 is 14.5 Å². The third-order valence-electron chi connectivity index (χ3n) is 2.44. The summed E-state index contributed by atoms with van der Waals surface area (Å²) in [6.45, 7) is 2.56. The molecule has 0 saturated carbocycles. The minimum absolute atomic E-state index is 0.297. The molecule has 1 aliphatic carbocycles. The van der Waals surface area contributed by atoms with Gasteiger partial charge in [-0.2, -0.15) is 0 Å². The summed E-state index contributed by atoms with van der Waals surface area (Å²) in [7, 11) is 0. The molecule has 0 bridgehead atoms. The number of esters is 2. The number of aromatic nitrogens is 1. The molecule has 90 valence electrons. The van der Waals surface area contributed by atoms with Gasteiger partial charge in [0.2, 0.25) is 0 Å². The second kappa shape index (κ2) is 4.08. The summed E-state index contributed by atoms with van der Waals surface area (Å²) >= 11 is 0. The van der Waals surface area contributed by atoms with Crippen LogP contribution in [0.3, 0.4) is 0 Å². The Labute approximate surface area is 98.4 Å². The first-order chi connectivity index (χ1) is 8.01. The first-order valence-electron chi connectivity index (χ1n) is 5.25. The maximum absolute atomic E-state index is 11.1. The van der Waals surface area contributed by atoms with E-state index in [9.17, 15) is 9.59 Å². The lowest BCUT2D eigenvalue weighted by Gasteiger charge is -2.31. The van der Waals surface area contributed by atoms with E-state index in [1.807, 2.05) is 6.07 Å². The van der Waals surface area contributed by atoms with Gasteiger partial charge in [0, 0.05) is 31.8 Å². The molecule has 0 radical (unpaired) electrons. The topological polar surface area (TPSA) is 68.4 Å². The standard InChI is InChI=1S/C12H13NO4/c1-8(14)16-12(17-9(2)15)5-3-10-4-6-13-11(10)7-12/h3-6,13H,7H2,1-2H3. The van der Waals surface area contributed by atoms with E-state index in [1.165, 1.54) is 13.8 Å². The number of nitrogens with one attached hydrogen (secondary N) is 1. The van der Waals surface area contributed by atoms with E-state index in [4.69, 9.17) is 9.47 Å². The lowest BCUT2D eigenvalue weighted by atomic mass is 9.99. The van der Waals surface area contributed by atoms with E-state index < -0.39 is 17.7 Å². The van der Waals surface area contributed by atoms with Gasteiger partial charge in [-0.15, -0.1) is 0 Å². The predicted octanol–water partition coefficient (Wildman–Crippen LogP) is 1.41. The van der Waals surface area contributed by atoms with Crippen LogP contribution in [0.1, 0.15) is 25.1 Å². The van der Waals surface area contributed by atoms with Crippen LogP contribution in [0.15, 0.2) is 18.3 Å². The Bertz CT molecular complexity index is 470. The maximum Gasteiger partial charge on any atom is 0.306 e. The minimum atomic E-state index is -1.32. The minimum Gasteiger partial charge on any atom is -0.418 e. The van der Waals surface area contributed by atoms with Crippen molar-refractivity contribution in [3.63, 3.8) is 0 Å². The highest BCUT2D eigenvalue weighted by Crippen LogP contribution is 2.29. The molecule has 0 amide bonds. The van der Waals surface area contributed by atoms with Crippen molar-refractivity contribution in [2.45, 2.75) is 26.1 Å². The summed E-state index contributed by atoms with van der Waals surface area (Å²) in [6, 6.07) is 1.90. The van der Waals surface area contributed by atoms with Crippen molar-refractivity contribution in [3.8, 4) is 0 Å². The first-order valence-corrected chi connectivity index (χ1v) is 5.25. The van der Waals surface area contributed by atoms with Crippen LogP contribution in [-0.2, 0) is 25.5 Å². The van der Waals surface area contributed by atoms with Crippen molar-refractivity contribution in [2.75, 3.05) is 0 Å². The number of ether oxygens (including phenoxy) is 2. The van der Waals surface area contributed by atoms with Gasteiger partial charge >= 0.3 is 11.9 Å². The Morgan fingerprint density at radius 2 is 1.94 bits per heavy atom. The lowest BCUT2D eigenvalue weighted by Crippen LogP contribution is -2.40. The molecular formula is C12H13NO4. The first kappa shape index (κ1) is 11.4. The van der Waals surface area contributed by atoms with Crippen molar-refractivity contribution in [3.05, 3.63) is 29.6 Å². The van der Waals surface area contributed by atoms with Crippen molar-refractivity contribution in [1.29, 1.82) is 0 Å². The zero-order chi connectivity index (χ0) is 12.5. The van der Waals surface area contributed by atoms with Crippen molar-refractivity contribution >= 4 is 18.0 Å². The molecule has 1 aromatic heterocycles. The highest BCUT2D eigenvalue weighted by atomic mass is 16.7. The molecule has 2 rings (SSSR count). The summed E-state index contributed by atoms with van der Waals surface area (Å²) in [5.41, 5.74) is 1.87. The number of rotatable bonds is 2. The number of carbonyl (C=O) groups is 2. The van der Waals surface area contributed by atoms with Gasteiger partial charge in [0.15, 0.2) is 0 Å². The summed E-state index contributed by atoms with van der Waals surface area (Å²) in [5.74, 6) is -2.31. The highest BCUT2D eigenvalue weighted by Gasteiger charge is 2.38. The van der Waals surface area contributed by atoms with Gasteiger partial charge in [-0.3, -0.25) is 9.59 Å². The third-order valence-corrected chi connectivity index (χ3v) is 2.44. The van der Waals surface area contributed by atoms with E-state index in [-0.39, 0.29) is 0 Å². The van der Waals surface area contributed by atoms with Crippen molar-refractivity contribution in [1.82, 2.24) is 4.98 Å². The van der Waals surface area contributed by atoms with Crippen molar-refractivity contribution in [2.24, 2.45) is 0 Å². The number of H-pyrrole nitrogens is 1. The Balaban J connectivity index is 2.30. The molecule has 1 aromatic rings. The fourth-order valence-corrected chi connectivity index (χ4v) is 1.89. The molecule has 0 saturated heterocycles. The summed E-state index contributed by atoms with van der Waals surface area (Å²) in [4.78, 5) is 25.2. The van der Waals surface area contributed by atoms with Crippen LogP contribution in [0, 0.1) is 0 Å². The van der Waals surface area contributed by atoms with Gasteiger partial charge in [-0.25, -0.2) is 0 Å². The summed E-state index contributed by atoms with van der Waals surface area (Å²) in [6.07, 6.45) is 5.44. The van der Waals surface area contributed by atoms with Crippen LogP contribution in [-0.4, -0.2) is 22.7 Å². The van der Waals surface area contributed by atoms with Crippen LogP contribution < -0.4 is 0 Å². The fraction of sp³-hybridized carbons (Fsp3) is 0.333. The number of hydrogen-bond donors (Lipinski definition) is 1. The van der Waals surface area contributed by atoms with Crippen LogP contribution in [0.5, 0.6) is 0 Å². The zero-order valence-electron chi connectivity index (χ0n) is 9.65. The lowest BCUT2D eigenvalue weighted by molar-refractivity contribution is -0.208. The Kier molecular flexibility index (Phi) is 2.75. The molecule has 1 N–H and O–H groups in total. The zero-order valence-corrected chi connectivity index (χ0v) is 9.65. The third kappa shape index (κ3) is 2.38. The van der Waals surface area contributed by atoms with Crippen molar-refractivity contribution < 1.29 is 19.1 Å². The second-order valence-corrected chi connectivity index (χ2v) is 3.92. The molecule has 1 heterocycles. The Hall–Kier alpha value is -2.04. The van der Waals surface area contributed by atoms with E-state index in [0.29, 0.717) is 6.42 Å². The largest absolute Gasteiger partial charge is 0.418 e. The quantitative estimate of drug-likeness (QED) is 0.621. The molecule has 17 heavy (non-hydrogen) atoms. The van der Waals surface area contributed by atoms with Crippen LogP contribution in [0.4, 0.5) is 0 Å². The highest BCUT2D eigenvalue weighted by molar-refractivity contribution is 5.71. The average Bonchev–Trinajstić information content (AvgIpc) is 2.61. The predicted molar refractivity (Wildman–Crippen MR) is 59.8 cm³/mol. The van der Waals surface area contributed by atoms with Crippen LogP contribution in [0.25, 0.3) is 6.08 Å². The van der Waals surface area contributed by atoms with Gasteiger partial charge in [0.1, 0.15) is 0 Å². The number of aromatic amines is 1. The van der Waals surface area contributed by atoms with Gasteiger partial charge in [0.05, 0.1) is 6.42 Å². The number of hydrogen-bond acceptors (Lipinski definition) is 4. The fourth-order valence-electron chi connectivity index (χ4n) is 1.89. The van der Waals surface area contributed by atoms with Gasteiger partial charge in [-0.05, 0) is 17.7 Å². The van der Waals surface area contributed by atoms with Gasteiger partial charge in [-0.1, -0.05) is 0 Å². The normalized spacial score (nSPS) is 16.1. The maximum atomic E-state index is 11.1. The molecule has 0 fully saturated rings. The molecule has 1 aliphatic rings. The molecule has 0 atom stereocenters. The number of carbonyl (C=O) groups excluding carboxylic acids is 2. The summed E-state index contributed by atoms with van der Waals surface area (Å²) in [5, 5.41) is 0. The molecule has 0 unspecified atom stereocenters. The Morgan fingerprint density at radius 1 is 1.29 bits per heavy atom. The molecular weight excluding hydrogens is 222 g/mol. The van der Waals surface area contributed by atoms with E-state index in [2.05, 4.69) is 4.98 Å². The molecule has 5 heteroatoms. The molecule has 0 aliphatic heterocycles. The SMILES string of the molecule is CC(=O)OC1(OC(C)=O)C=Cc2cc[nH]c2C1. The monoisotopic (exact) mass is 235 g/mol. The van der Waals surface area contributed by atoms with Gasteiger partial charge in [0.25, 0.3) is 5.79 Å². The summed E-state index contributed by atoms with van der Waals surface area (Å²) < 4.78 is 10.3. The van der Waals surface area contributed by atoms with E-state index >= 15 is 0 Å². The van der Waals surface area contributed by atoms with Crippen LogP contribution >= 0.6 is 0 Å². The molecule has 5 nitrogen and oxygen atoms in total. The number of fused-ring (bicyclic) bond motifs is 1. The van der Waals surface area contributed by atoms with E-state index in [0.717, 1.165) is 11.3 Å². The van der Waals surface area contributed by atoms with E-state index in [1.54, 1.807) is 18.3 Å². The molecule has 0 spiro atoms. The smallest absolute Gasteiger partial charge is 0.306 e. The Morgan fingerprint density at radius 3 is 2.53 bits per heavy atom. The second-order valence-electron chi connectivity index (χ2n) is 3.92.